The van der Waals surface area contributed by atoms with E-state index in [-0.39, 0.29) is 11.8 Å². The summed E-state index contributed by atoms with van der Waals surface area (Å²) in [5.74, 6) is 0.239. The van der Waals surface area contributed by atoms with Crippen LogP contribution >= 0.6 is 11.6 Å². The van der Waals surface area contributed by atoms with Gasteiger partial charge in [0.2, 0.25) is 5.91 Å². The first-order chi connectivity index (χ1) is 11.9. The fourth-order valence-corrected chi connectivity index (χ4v) is 3.45. The van der Waals surface area contributed by atoms with E-state index < -0.39 is 11.6 Å². The minimum absolute atomic E-state index is 0.0991. The number of carbonyl (C=O) groups excluding carboxylic acids is 2. The van der Waals surface area contributed by atoms with Crippen LogP contribution in [-0.2, 0) is 9.59 Å². The van der Waals surface area contributed by atoms with Crippen LogP contribution in [0.25, 0.3) is 0 Å². The number of amides is 2. The van der Waals surface area contributed by atoms with Crippen molar-refractivity contribution in [2.24, 2.45) is 0 Å². The Morgan fingerprint density at radius 1 is 1.28 bits per heavy atom. The molecule has 2 N–H and O–H groups in total. The zero-order valence-corrected chi connectivity index (χ0v) is 15.9. The summed E-state index contributed by atoms with van der Waals surface area (Å²) < 4.78 is 5.79. The van der Waals surface area contributed by atoms with Crippen LogP contribution in [0.15, 0.2) is 18.2 Å². The number of hydrogen-bond acceptors (Lipinski definition) is 3. The number of likely N-dealkylation sites (N-methyl/N-ethyl adjacent to an activating group) is 1. The van der Waals surface area contributed by atoms with Crippen LogP contribution in [0, 0.1) is 6.92 Å². The van der Waals surface area contributed by atoms with Crippen molar-refractivity contribution in [1.82, 2.24) is 10.6 Å². The van der Waals surface area contributed by atoms with Crippen molar-refractivity contribution in [2.45, 2.75) is 64.5 Å². The molecule has 1 fully saturated rings. The van der Waals surface area contributed by atoms with Crippen LogP contribution in [0.1, 0.15) is 51.5 Å². The summed E-state index contributed by atoms with van der Waals surface area (Å²) in [6, 6.07) is 5.27. The molecule has 0 aromatic heterocycles. The Hall–Kier alpha value is -1.75. The normalized spacial score (nSPS) is 17.4. The smallest absolute Gasteiger partial charge is 0.261 e. The van der Waals surface area contributed by atoms with Crippen molar-refractivity contribution in [2.75, 3.05) is 6.54 Å². The van der Waals surface area contributed by atoms with E-state index in [0.29, 0.717) is 30.2 Å². The topological polar surface area (TPSA) is 67.4 Å². The minimum Gasteiger partial charge on any atom is -0.481 e. The molecule has 0 radical (unpaired) electrons. The van der Waals surface area contributed by atoms with Crippen LogP contribution in [-0.4, -0.2) is 30.0 Å². The molecule has 0 saturated heterocycles. The number of benzene rings is 1. The molecule has 1 aliphatic rings. The molecule has 0 heterocycles. The Morgan fingerprint density at radius 2 is 1.96 bits per heavy atom. The highest BCUT2D eigenvalue weighted by atomic mass is 35.5. The van der Waals surface area contributed by atoms with Crippen LogP contribution in [0.5, 0.6) is 5.75 Å². The summed E-state index contributed by atoms with van der Waals surface area (Å²) in [5, 5.41) is 6.45. The predicted molar refractivity (Wildman–Crippen MR) is 98.9 cm³/mol. The second-order valence-electron chi connectivity index (χ2n) is 6.66. The highest BCUT2D eigenvalue weighted by Crippen LogP contribution is 2.29. The van der Waals surface area contributed by atoms with Gasteiger partial charge in [-0.05, 0) is 57.4 Å². The predicted octanol–water partition coefficient (Wildman–Crippen LogP) is 3.37. The minimum atomic E-state index is -0.821. The molecule has 1 atom stereocenters. The second-order valence-corrected chi connectivity index (χ2v) is 7.10. The average molecular weight is 367 g/mol. The highest BCUT2D eigenvalue weighted by molar-refractivity contribution is 6.30. The summed E-state index contributed by atoms with van der Waals surface area (Å²) in [4.78, 5) is 25.2. The van der Waals surface area contributed by atoms with E-state index in [1.165, 1.54) is 0 Å². The molecule has 6 heteroatoms. The van der Waals surface area contributed by atoms with Crippen molar-refractivity contribution in [1.29, 1.82) is 0 Å². The average Bonchev–Trinajstić information content (AvgIpc) is 2.58. The first kappa shape index (κ1) is 19.6. The molecule has 2 amide bonds. The molecule has 1 aromatic rings. The van der Waals surface area contributed by atoms with Crippen LogP contribution in [0.4, 0.5) is 0 Å². The molecule has 138 valence electrons. The van der Waals surface area contributed by atoms with E-state index in [1.54, 1.807) is 25.1 Å². The lowest BCUT2D eigenvalue weighted by molar-refractivity contribution is -0.138. The second kappa shape index (κ2) is 8.56. The zero-order chi connectivity index (χ0) is 18.4. The van der Waals surface area contributed by atoms with E-state index >= 15 is 0 Å². The standard InChI is InChI=1S/C19H27ClN2O3/c1-4-21-18(24)19(10-6-5-7-11-19)22-17(23)14(3)25-16-9-8-15(20)12-13(16)2/h8-9,12,14H,4-7,10-11H2,1-3H3,(H,21,24)(H,22,23). The van der Waals surface area contributed by atoms with Crippen LogP contribution in [0.2, 0.25) is 5.02 Å². The van der Waals surface area contributed by atoms with Gasteiger partial charge in [0.05, 0.1) is 0 Å². The molecule has 0 aliphatic heterocycles. The third kappa shape index (κ3) is 4.88. The molecule has 1 saturated carbocycles. The molecular weight excluding hydrogens is 340 g/mol. The molecule has 0 spiro atoms. The molecule has 0 bridgehead atoms. The molecule has 25 heavy (non-hydrogen) atoms. The lowest BCUT2D eigenvalue weighted by Crippen LogP contribution is -2.61. The largest absolute Gasteiger partial charge is 0.481 e. The molecule has 1 aliphatic carbocycles. The number of carbonyl (C=O) groups is 2. The quantitative estimate of drug-likeness (QED) is 0.811. The van der Waals surface area contributed by atoms with E-state index in [4.69, 9.17) is 16.3 Å². The summed E-state index contributed by atoms with van der Waals surface area (Å²) in [5.41, 5.74) is 0.0427. The van der Waals surface area contributed by atoms with Gasteiger partial charge in [0, 0.05) is 11.6 Å². The monoisotopic (exact) mass is 366 g/mol. The van der Waals surface area contributed by atoms with Gasteiger partial charge in [-0.2, -0.15) is 0 Å². The summed E-state index contributed by atoms with van der Waals surface area (Å²) in [7, 11) is 0. The highest BCUT2D eigenvalue weighted by Gasteiger charge is 2.41. The van der Waals surface area contributed by atoms with Gasteiger partial charge < -0.3 is 15.4 Å². The molecule has 1 unspecified atom stereocenters. The number of rotatable bonds is 6. The van der Waals surface area contributed by atoms with Crippen molar-refractivity contribution in [3.05, 3.63) is 28.8 Å². The van der Waals surface area contributed by atoms with Crippen LogP contribution < -0.4 is 15.4 Å². The maximum Gasteiger partial charge on any atom is 0.261 e. The fraction of sp³-hybridized carbons (Fsp3) is 0.579. The van der Waals surface area contributed by atoms with Gasteiger partial charge in [0.25, 0.3) is 5.91 Å². The van der Waals surface area contributed by atoms with Gasteiger partial charge in [-0.15, -0.1) is 0 Å². The number of hydrogen-bond donors (Lipinski definition) is 2. The van der Waals surface area contributed by atoms with E-state index in [9.17, 15) is 9.59 Å². The Kier molecular flexibility index (Phi) is 6.71. The molecular formula is C19H27ClN2O3. The van der Waals surface area contributed by atoms with Gasteiger partial charge in [-0.3, -0.25) is 9.59 Å². The molecule has 5 nitrogen and oxygen atoms in total. The van der Waals surface area contributed by atoms with Crippen molar-refractivity contribution >= 4 is 23.4 Å². The number of nitrogens with one attached hydrogen (secondary N) is 2. The maximum atomic E-state index is 12.7. The lowest BCUT2D eigenvalue weighted by Gasteiger charge is -2.37. The Balaban J connectivity index is 2.07. The fourth-order valence-electron chi connectivity index (χ4n) is 3.22. The number of aryl methyl sites for hydroxylation is 1. The van der Waals surface area contributed by atoms with Gasteiger partial charge in [-0.1, -0.05) is 30.9 Å². The third-order valence-electron chi connectivity index (χ3n) is 4.65. The molecule has 1 aromatic carbocycles. The van der Waals surface area contributed by atoms with E-state index in [2.05, 4.69) is 10.6 Å². The van der Waals surface area contributed by atoms with Crippen molar-refractivity contribution in [3.63, 3.8) is 0 Å². The summed E-state index contributed by atoms with van der Waals surface area (Å²) in [6.45, 7) is 6.00. The molecule has 2 rings (SSSR count). The zero-order valence-electron chi connectivity index (χ0n) is 15.2. The first-order valence-electron chi connectivity index (χ1n) is 8.91. The Labute approximate surface area is 154 Å². The van der Waals surface area contributed by atoms with Gasteiger partial charge in [0.15, 0.2) is 6.10 Å². The first-order valence-corrected chi connectivity index (χ1v) is 9.29. The Morgan fingerprint density at radius 3 is 2.56 bits per heavy atom. The van der Waals surface area contributed by atoms with E-state index in [1.807, 2.05) is 13.8 Å². The third-order valence-corrected chi connectivity index (χ3v) is 4.89. The number of ether oxygens (including phenoxy) is 1. The van der Waals surface area contributed by atoms with Crippen molar-refractivity contribution in [3.8, 4) is 5.75 Å². The van der Waals surface area contributed by atoms with Gasteiger partial charge >= 0.3 is 0 Å². The van der Waals surface area contributed by atoms with E-state index in [0.717, 1.165) is 24.8 Å². The van der Waals surface area contributed by atoms with Gasteiger partial charge in [0.1, 0.15) is 11.3 Å². The number of halogens is 1. The maximum absolute atomic E-state index is 12.7. The van der Waals surface area contributed by atoms with Crippen molar-refractivity contribution < 1.29 is 14.3 Å². The summed E-state index contributed by atoms with van der Waals surface area (Å²) >= 11 is 5.95. The lowest BCUT2D eigenvalue weighted by atomic mass is 9.80. The summed E-state index contributed by atoms with van der Waals surface area (Å²) in [6.07, 6.45) is 3.58. The SMILES string of the molecule is CCNC(=O)C1(NC(=O)C(C)Oc2ccc(Cl)cc2C)CCCCC1. The van der Waals surface area contributed by atoms with Gasteiger partial charge in [-0.25, -0.2) is 0 Å². The van der Waals surface area contributed by atoms with Crippen LogP contribution in [0.3, 0.4) is 0 Å². The Bertz CT molecular complexity index is 627.